The van der Waals surface area contributed by atoms with Gasteiger partial charge in [0.2, 0.25) is 5.75 Å². The summed E-state index contributed by atoms with van der Waals surface area (Å²) in [5.74, 6) is 3.20. The van der Waals surface area contributed by atoms with Crippen molar-refractivity contribution in [1.29, 1.82) is 0 Å². The lowest BCUT2D eigenvalue weighted by Gasteiger charge is -2.21. The minimum absolute atomic E-state index is 0.0340. The van der Waals surface area contributed by atoms with E-state index in [2.05, 4.69) is 12.2 Å². The van der Waals surface area contributed by atoms with Gasteiger partial charge in [-0.1, -0.05) is 19.1 Å². The van der Waals surface area contributed by atoms with Gasteiger partial charge in [0.25, 0.3) is 0 Å². The Morgan fingerprint density at radius 3 is 2.31 bits per heavy atom. The molecule has 0 aliphatic heterocycles. The van der Waals surface area contributed by atoms with Crippen LogP contribution in [0.15, 0.2) is 36.4 Å². The molecular formula is C25H35NO6. The summed E-state index contributed by atoms with van der Waals surface area (Å²) in [4.78, 5) is 10.9. The molecule has 7 nitrogen and oxygen atoms in total. The third-order valence-corrected chi connectivity index (χ3v) is 5.06. The summed E-state index contributed by atoms with van der Waals surface area (Å²) in [6.45, 7) is 4.27. The van der Waals surface area contributed by atoms with Crippen molar-refractivity contribution in [1.82, 2.24) is 5.32 Å². The van der Waals surface area contributed by atoms with E-state index >= 15 is 0 Å². The molecule has 2 aromatic rings. The zero-order valence-corrected chi connectivity index (χ0v) is 19.5. The Hall–Kier alpha value is -2.93. The molecule has 0 bridgehead atoms. The number of hydrogen-bond donors (Lipinski definition) is 1. The van der Waals surface area contributed by atoms with Crippen LogP contribution in [0.3, 0.4) is 0 Å². The fraction of sp³-hybridized carbons (Fsp3) is 0.480. The van der Waals surface area contributed by atoms with Gasteiger partial charge in [0.15, 0.2) is 23.0 Å². The molecule has 1 unspecified atom stereocenters. The van der Waals surface area contributed by atoms with Crippen LogP contribution in [0.4, 0.5) is 0 Å². The fourth-order valence-electron chi connectivity index (χ4n) is 3.36. The molecule has 32 heavy (non-hydrogen) atoms. The lowest BCUT2D eigenvalue weighted by molar-refractivity contribution is -0.107. The lowest BCUT2D eigenvalue weighted by atomic mass is 10.1. The van der Waals surface area contributed by atoms with Crippen LogP contribution >= 0.6 is 0 Å². The van der Waals surface area contributed by atoms with Crippen molar-refractivity contribution in [3.05, 3.63) is 42.0 Å². The second-order valence-corrected chi connectivity index (χ2v) is 7.24. The van der Waals surface area contributed by atoms with Gasteiger partial charge in [-0.3, -0.25) is 0 Å². The van der Waals surface area contributed by atoms with E-state index in [0.717, 1.165) is 55.7 Å². The van der Waals surface area contributed by atoms with Gasteiger partial charge >= 0.3 is 0 Å². The van der Waals surface area contributed by atoms with Crippen molar-refractivity contribution < 1.29 is 28.5 Å². The average molecular weight is 446 g/mol. The van der Waals surface area contributed by atoms with E-state index in [1.54, 1.807) is 27.4 Å². The van der Waals surface area contributed by atoms with E-state index in [1.165, 1.54) is 0 Å². The molecule has 0 spiro atoms. The molecule has 0 radical (unpaired) electrons. The molecule has 0 aliphatic rings. The first-order valence-corrected chi connectivity index (χ1v) is 11.0. The average Bonchev–Trinajstić information content (AvgIpc) is 2.82. The highest BCUT2D eigenvalue weighted by Crippen LogP contribution is 2.39. The number of nitrogens with one attached hydrogen (secondary N) is 1. The van der Waals surface area contributed by atoms with Crippen molar-refractivity contribution in [3.8, 4) is 28.7 Å². The molecule has 0 saturated heterocycles. The van der Waals surface area contributed by atoms with Crippen molar-refractivity contribution in [2.45, 2.75) is 38.7 Å². The van der Waals surface area contributed by atoms with E-state index in [1.807, 2.05) is 30.3 Å². The van der Waals surface area contributed by atoms with Crippen LogP contribution in [0.1, 0.15) is 31.7 Å². The second kappa shape index (κ2) is 14.2. The second-order valence-electron chi connectivity index (χ2n) is 7.24. The van der Waals surface area contributed by atoms with Gasteiger partial charge in [-0.25, -0.2) is 0 Å². The zero-order chi connectivity index (χ0) is 23.2. The highest BCUT2D eigenvalue weighted by molar-refractivity contribution is 5.60. The minimum Gasteiger partial charge on any atom is -0.493 e. The Kier molecular flexibility index (Phi) is 11.2. The maximum Gasteiger partial charge on any atom is 0.203 e. The Bertz CT molecular complexity index is 826. The van der Waals surface area contributed by atoms with Gasteiger partial charge in [0.1, 0.15) is 12.9 Å². The smallest absolute Gasteiger partial charge is 0.203 e. The van der Waals surface area contributed by atoms with Crippen LogP contribution in [-0.4, -0.2) is 53.4 Å². The number of para-hydroxylation sites is 2. The molecule has 7 heteroatoms. The Balaban J connectivity index is 1.79. The van der Waals surface area contributed by atoms with Crippen molar-refractivity contribution in [2.24, 2.45) is 0 Å². The number of aldehydes is 1. The first-order valence-electron chi connectivity index (χ1n) is 11.0. The first kappa shape index (κ1) is 25.3. The van der Waals surface area contributed by atoms with Crippen LogP contribution in [0.25, 0.3) is 0 Å². The number of carbonyl (C=O) groups is 1. The number of benzene rings is 2. The first-order chi connectivity index (χ1) is 15.7. The van der Waals surface area contributed by atoms with Gasteiger partial charge in [-0.15, -0.1) is 0 Å². The molecule has 2 rings (SSSR count). The highest BCUT2D eigenvalue weighted by Gasteiger charge is 2.17. The number of hydrogen-bond acceptors (Lipinski definition) is 7. The van der Waals surface area contributed by atoms with E-state index in [0.29, 0.717) is 30.3 Å². The van der Waals surface area contributed by atoms with Crippen molar-refractivity contribution >= 4 is 6.29 Å². The molecule has 0 aliphatic carbocycles. The van der Waals surface area contributed by atoms with Crippen molar-refractivity contribution in [3.63, 3.8) is 0 Å². The van der Waals surface area contributed by atoms with E-state index in [4.69, 9.17) is 23.7 Å². The number of ether oxygens (including phenoxy) is 5. The van der Waals surface area contributed by atoms with Gasteiger partial charge in [-0.05, 0) is 55.6 Å². The predicted molar refractivity (Wildman–Crippen MR) is 125 cm³/mol. The summed E-state index contributed by atoms with van der Waals surface area (Å²) in [5.41, 5.74) is 0.833. The third-order valence-electron chi connectivity index (χ3n) is 5.06. The topological polar surface area (TPSA) is 75.2 Å². The summed E-state index contributed by atoms with van der Waals surface area (Å²) < 4.78 is 28.2. The Morgan fingerprint density at radius 1 is 0.938 bits per heavy atom. The standard InChI is InChI=1S/C25H35NO6/c1-5-20(32-24-18-19(12-15-27)17-23(29-3)25(24)30-4)9-8-13-26-14-16-31-22-11-7-6-10-21(22)28-2/h6-7,10-11,15,17-18,20,26H,5,8-9,12-14,16H2,1-4H3. The monoisotopic (exact) mass is 445 g/mol. The summed E-state index contributed by atoms with van der Waals surface area (Å²) in [6.07, 6.45) is 3.91. The zero-order valence-electron chi connectivity index (χ0n) is 19.5. The molecule has 2 aromatic carbocycles. The largest absolute Gasteiger partial charge is 0.493 e. The highest BCUT2D eigenvalue weighted by atomic mass is 16.5. The van der Waals surface area contributed by atoms with Crippen LogP contribution in [0.5, 0.6) is 28.7 Å². The third kappa shape index (κ3) is 7.64. The van der Waals surface area contributed by atoms with Gasteiger partial charge in [0.05, 0.1) is 27.4 Å². The van der Waals surface area contributed by atoms with Gasteiger partial charge < -0.3 is 33.8 Å². The Labute approximate surface area is 191 Å². The van der Waals surface area contributed by atoms with E-state index < -0.39 is 0 Å². The predicted octanol–water partition coefficient (Wildman–Crippen LogP) is 4.06. The summed E-state index contributed by atoms with van der Waals surface area (Å²) >= 11 is 0. The van der Waals surface area contributed by atoms with Crippen LogP contribution in [0.2, 0.25) is 0 Å². The quantitative estimate of drug-likeness (QED) is 0.308. The summed E-state index contributed by atoms with van der Waals surface area (Å²) in [6, 6.07) is 11.3. The summed E-state index contributed by atoms with van der Waals surface area (Å²) in [7, 11) is 4.80. The number of methoxy groups -OCH3 is 3. The number of carbonyl (C=O) groups excluding carboxylic acids is 1. The van der Waals surface area contributed by atoms with Gasteiger partial charge in [-0.2, -0.15) is 0 Å². The molecule has 0 amide bonds. The SMILES string of the molecule is CCC(CCCNCCOc1ccccc1OC)Oc1cc(CC=O)cc(OC)c1OC. The van der Waals surface area contributed by atoms with Crippen molar-refractivity contribution in [2.75, 3.05) is 41.0 Å². The van der Waals surface area contributed by atoms with Gasteiger partial charge in [0, 0.05) is 13.0 Å². The summed E-state index contributed by atoms with van der Waals surface area (Å²) in [5, 5.41) is 3.40. The molecule has 176 valence electrons. The molecule has 1 N–H and O–H groups in total. The van der Waals surface area contributed by atoms with E-state index in [9.17, 15) is 4.79 Å². The molecule has 0 heterocycles. The minimum atomic E-state index is 0.0340. The number of rotatable bonds is 16. The van der Waals surface area contributed by atoms with E-state index in [-0.39, 0.29) is 6.10 Å². The maximum atomic E-state index is 10.9. The molecule has 0 aromatic heterocycles. The molecule has 1 atom stereocenters. The fourth-order valence-corrected chi connectivity index (χ4v) is 3.36. The van der Waals surface area contributed by atoms with Crippen LogP contribution < -0.4 is 29.0 Å². The molecular weight excluding hydrogens is 410 g/mol. The Morgan fingerprint density at radius 2 is 1.66 bits per heavy atom. The van der Waals surface area contributed by atoms with Crippen LogP contribution in [-0.2, 0) is 11.2 Å². The molecule has 0 saturated carbocycles. The lowest BCUT2D eigenvalue weighted by Crippen LogP contribution is -2.24. The normalized spacial score (nSPS) is 11.5. The van der Waals surface area contributed by atoms with Crippen LogP contribution in [0, 0.1) is 0 Å². The maximum absolute atomic E-state index is 10.9. The molecule has 0 fully saturated rings.